The molecule has 0 spiro atoms. The normalized spacial score (nSPS) is 12.1. The van der Waals surface area contributed by atoms with Gasteiger partial charge in [-0.05, 0) is 55.2 Å². The topological polar surface area (TPSA) is 86.8 Å². The summed E-state index contributed by atoms with van der Waals surface area (Å²) in [6.45, 7) is 4.71. The van der Waals surface area contributed by atoms with Crippen molar-refractivity contribution in [2.75, 3.05) is 23.7 Å². The first-order chi connectivity index (χ1) is 16.6. The number of anilines is 1. The SMILES string of the molecule is CCCNC(=O)[C@H](CC)N(Cc1ccc(Cl)cc1)C(=O)CCCN(c1cccc(Cl)c1)S(C)(=O)=O. The zero-order valence-corrected chi connectivity index (χ0v) is 22.7. The summed E-state index contributed by atoms with van der Waals surface area (Å²) in [4.78, 5) is 27.7. The summed E-state index contributed by atoms with van der Waals surface area (Å²) in [6, 6.07) is 13.1. The third-order valence-electron chi connectivity index (χ3n) is 5.45. The van der Waals surface area contributed by atoms with E-state index >= 15 is 0 Å². The molecule has 2 aromatic carbocycles. The fraction of sp³-hybridized carbons (Fsp3) is 0.440. The molecule has 10 heteroatoms. The molecule has 0 heterocycles. The Kier molecular flexibility index (Phi) is 11.3. The number of halogens is 2. The van der Waals surface area contributed by atoms with Crippen LogP contribution in [0.4, 0.5) is 5.69 Å². The van der Waals surface area contributed by atoms with Crippen LogP contribution in [-0.2, 0) is 26.2 Å². The Morgan fingerprint density at radius 2 is 1.71 bits per heavy atom. The fourth-order valence-corrected chi connectivity index (χ4v) is 4.97. The van der Waals surface area contributed by atoms with Crippen molar-refractivity contribution in [3.63, 3.8) is 0 Å². The molecular formula is C25H33Cl2N3O4S. The van der Waals surface area contributed by atoms with Crippen molar-refractivity contribution in [2.45, 2.75) is 52.1 Å². The van der Waals surface area contributed by atoms with Crippen LogP contribution in [0.25, 0.3) is 0 Å². The van der Waals surface area contributed by atoms with Crippen LogP contribution in [0.15, 0.2) is 48.5 Å². The van der Waals surface area contributed by atoms with Crippen LogP contribution in [0.3, 0.4) is 0 Å². The van der Waals surface area contributed by atoms with Gasteiger partial charge in [-0.1, -0.05) is 55.2 Å². The second-order valence-corrected chi connectivity index (χ2v) is 11.1. The molecule has 2 rings (SSSR count). The maximum atomic E-state index is 13.3. The van der Waals surface area contributed by atoms with Gasteiger partial charge in [-0.3, -0.25) is 13.9 Å². The summed E-state index contributed by atoms with van der Waals surface area (Å²) >= 11 is 12.0. The van der Waals surface area contributed by atoms with E-state index in [1.54, 1.807) is 41.3 Å². The molecule has 0 bridgehead atoms. The Hall–Kier alpha value is -2.29. The smallest absolute Gasteiger partial charge is 0.242 e. The highest BCUT2D eigenvalue weighted by Gasteiger charge is 2.28. The van der Waals surface area contributed by atoms with Crippen molar-refractivity contribution < 1.29 is 18.0 Å². The number of hydrogen-bond donors (Lipinski definition) is 1. The Bertz CT molecular complexity index is 1090. The van der Waals surface area contributed by atoms with Crippen molar-refractivity contribution in [3.8, 4) is 0 Å². The Morgan fingerprint density at radius 3 is 2.29 bits per heavy atom. The van der Waals surface area contributed by atoms with Gasteiger partial charge in [0.1, 0.15) is 6.04 Å². The van der Waals surface area contributed by atoms with Crippen molar-refractivity contribution in [1.29, 1.82) is 0 Å². The average molecular weight is 543 g/mol. The van der Waals surface area contributed by atoms with E-state index in [-0.39, 0.29) is 37.7 Å². The van der Waals surface area contributed by atoms with Crippen LogP contribution in [0.5, 0.6) is 0 Å². The van der Waals surface area contributed by atoms with Crippen molar-refractivity contribution >= 4 is 50.7 Å². The predicted molar refractivity (Wildman–Crippen MR) is 142 cm³/mol. The first-order valence-electron chi connectivity index (χ1n) is 11.6. The first kappa shape index (κ1) is 28.9. The van der Waals surface area contributed by atoms with Crippen LogP contribution in [0.2, 0.25) is 10.0 Å². The van der Waals surface area contributed by atoms with Gasteiger partial charge in [-0.25, -0.2) is 8.42 Å². The lowest BCUT2D eigenvalue weighted by molar-refractivity contribution is -0.141. The van der Waals surface area contributed by atoms with Gasteiger partial charge in [-0.15, -0.1) is 0 Å². The van der Waals surface area contributed by atoms with Crippen LogP contribution in [-0.4, -0.2) is 50.5 Å². The van der Waals surface area contributed by atoms with E-state index in [0.717, 1.165) is 18.2 Å². The third kappa shape index (κ3) is 9.02. The average Bonchev–Trinajstić information content (AvgIpc) is 2.80. The molecule has 0 unspecified atom stereocenters. The molecule has 2 aromatic rings. The lowest BCUT2D eigenvalue weighted by Gasteiger charge is -2.31. The number of amides is 2. The summed E-state index contributed by atoms with van der Waals surface area (Å²) < 4.78 is 26.0. The fourth-order valence-electron chi connectivity index (χ4n) is 3.71. The highest BCUT2D eigenvalue weighted by molar-refractivity contribution is 7.92. The summed E-state index contributed by atoms with van der Waals surface area (Å²) in [7, 11) is -3.58. The highest BCUT2D eigenvalue weighted by Crippen LogP contribution is 2.23. The molecule has 0 aliphatic heterocycles. The van der Waals surface area contributed by atoms with E-state index in [4.69, 9.17) is 23.2 Å². The minimum absolute atomic E-state index is 0.0811. The molecule has 35 heavy (non-hydrogen) atoms. The number of benzene rings is 2. The first-order valence-corrected chi connectivity index (χ1v) is 14.2. The Labute approximate surface area is 218 Å². The van der Waals surface area contributed by atoms with Gasteiger partial charge in [0.15, 0.2) is 0 Å². The van der Waals surface area contributed by atoms with Crippen molar-refractivity contribution in [1.82, 2.24) is 10.2 Å². The molecule has 0 aliphatic carbocycles. The zero-order chi connectivity index (χ0) is 26.0. The Balaban J connectivity index is 2.19. The molecule has 0 saturated heterocycles. The van der Waals surface area contributed by atoms with Gasteiger partial charge in [0, 0.05) is 36.1 Å². The number of carbonyl (C=O) groups excluding carboxylic acids is 2. The van der Waals surface area contributed by atoms with Crippen LogP contribution < -0.4 is 9.62 Å². The van der Waals surface area contributed by atoms with Gasteiger partial charge in [-0.2, -0.15) is 0 Å². The molecule has 192 valence electrons. The van der Waals surface area contributed by atoms with Gasteiger partial charge in [0.05, 0.1) is 11.9 Å². The maximum absolute atomic E-state index is 13.3. The number of hydrogen-bond acceptors (Lipinski definition) is 4. The molecule has 2 amide bonds. The maximum Gasteiger partial charge on any atom is 0.242 e. The lowest BCUT2D eigenvalue weighted by atomic mass is 10.1. The standard InChI is InChI=1S/C25H33Cl2N3O4S/c1-4-15-28-25(32)23(5-2)29(18-19-11-13-20(26)14-12-19)24(31)10-7-16-30(35(3,33)34)22-9-6-8-21(27)17-22/h6,8-9,11-14,17,23H,4-5,7,10,15-16,18H2,1-3H3,(H,28,32)/t23-/m0/s1. The molecule has 0 fully saturated rings. The molecule has 0 radical (unpaired) electrons. The largest absolute Gasteiger partial charge is 0.354 e. The van der Waals surface area contributed by atoms with E-state index in [1.165, 1.54) is 4.31 Å². The second-order valence-electron chi connectivity index (χ2n) is 8.28. The summed E-state index contributed by atoms with van der Waals surface area (Å²) in [5, 5.41) is 3.89. The minimum atomic E-state index is -3.58. The third-order valence-corrected chi connectivity index (χ3v) is 7.13. The Morgan fingerprint density at radius 1 is 1.03 bits per heavy atom. The molecular weight excluding hydrogens is 509 g/mol. The molecule has 0 saturated carbocycles. The van der Waals surface area contributed by atoms with Crippen LogP contribution in [0, 0.1) is 0 Å². The van der Waals surface area contributed by atoms with Crippen molar-refractivity contribution in [3.05, 3.63) is 64.1 Å². The monoisotopic (exact) mass is 541 g/mol. The van der Waals surface area contributed by atoms with Gasteiger partial charge in [0.25, 0.3) is 0 Å². The molecule has 1 atom stereocenters. The minimum Gasteiger partial charge on any atom is -0.354 e. The van der Waals surface area contributed by atoms with E-state index < -0.39 is 16.1 Å². The second kappa shape index (κ2) is 13.7. The number of carbonyl (C=O) groups is 2. The van der Waals surface area contributed by atoms with E-state index in [1.807, 2.05) is 26.0 Å². The predicted octanol–water partition coefficient (Wildman–Crippen LogP) is 4.87. The van der Waals surface area contributed by atoms with E-state index in [9.17, 15) is 18.0 Å². The zero-order valence-electron chi connectivity index (χ0n) is 20.3. The number of nitrogens with one attached hydrogen (secondary N) is 1. The quantitative estimate of drug-likeness (QED) is 0.391. The summed E-state index contributed by atoms with van der Waals surface area (Å²) in [5.41, 5.74) is 1.29. The number of sulfonamides is 1. The van der Waals surface area contributed by atoms with Gasteiger partial charge < -0.3 is 10.2 Å². The summed E-state index contributed by atoms with van der Waals surface area (Å²) in [5.74, 6) is -0.425. The van der Waals surface area contributed by atoms with E-state index in [2.05, 4.69) is 5.32 Å². The molecule has 0 aromatic heterocycles. The highest BCUT2D eigenvalue weighted by atomic mass is 35.5. The van der Waals surface area contributed by atoms with Gasteiger partial charge in [0.2, 0.25) is 21.8 Å². The van der Waals surface area contributed by atoms with Crippen LogP contribution in [0.1, 0.15) is 45.1 Å². The van der Waals surface area contributed by atoms with Crippen LogP contribution >= 0.6 is 23.2 Å². The van der Waals surface area contributed by atoms with E-state index in [0.29, 0.717) is 28.7 Å². The van der Waals surface area contributed by atoms with Gasteiger partial charge >= 0.3 is 0 Å². The number of nitrogens with zero attached hydrogens (tertiary/aromatic N) is 2. The lowest BCUT2D eigenvalue weighted by Crippen LogP contribution is -2.49. The summed E-state index contributed by atoms with van der Waals surface area (Å²) in [6.07, 6.45) is 2.72. The number of rotatable bonds is 13. The molecule has 1 N–H and O–H groups in total. The molecule has 7 nitrogen and oxygen atoms in total. The van der Waals surface area contributed by atoms with Crippen molar-refractivity contribution in [2.24, 2.45) is 0 Å². The molecule has 0 aliphatic rings.